The molecule has 0 bridgehead atoms. The number of carbonyl (C=O) groups is 1. The third kappa shape index (κ3) is 9.95. The molecule has 37 heavy (non-hydrogen) atoms. The molecule has 2 aromatic carbocycles. The Morgan fingerprint density at radius 1 is 0.757 bits per heavy atom. The summed E-state index contributed by atoms with van der Waals surface area (Å²) in [5.41, 5.74) is 6.99. The first-order valence-corrected chi connectivity index (χ1v) is 15.4. The van der Waals surface area contributed by atoms with Crippen molar-refractivity contribution in [1.29, 1.82) is 0 Å². The molecule has 0 saturated heterocycles. The van der Waals surface area contributed by atoms with Crippen molar-refractivity contribution in [2.24, 2.45) is 5.92 Å². The molecule has 0 N–H and O–H groups in total. The molecule has 0 aliphatic heterocycles. The van der Waals surface area contributed by atoms with Gasteiger partial charge in [-0.1, -0.05) is 89.5 Å². The minimum absolute atomic E-state index is 0.107. The molecule has 0 radical (unpaired) electrons. The van der Waals surface area contributed by atoms with Gasteiger partial charge < -0.3 is 4.74 Å². The van der Waals surface area contributed by atoms with E-state index in [1.54, 1.807) is 5.56 Å². The van der Waals surface area contributed by atoms with Gasteiger partial charge in [0.1, 0.15) is 5.75 Å². The van der Waals surface area contributed by atoms with Crippen LogP contribution in [0, 0.1) is 19.8 Å². The number of esters is 1. The molecule has 0 spiro atoms. The molecule has 1 aliphatic rings. The number of hydrogen-bond acceptors (Lipinski definition) is 2. The lowest BCUT2D eigenvalue weighted by Gasteiger charge is -2.29. The smallest absolute Gasteiger partial charge is 0.311 e. The van der Waals surface area contributed by atoms with Crippen LogP contribution in [0.3, 0.4) is 0 Å². The Balaban J connectivity index is 1.45. The predicted molar refractivity (Wildman–Crippen MR) is 158 cm³/mol. The van der Waals surface area contributed by atoms with Crippen LogP contribution in [-0.2, 0) is 17.6 Å². The summed E-state index contributed by atoms with van der Waals surface area (Å²) in [5.74, 6) is 2.30. The zero-order valence-corrected chi connectivity index (χ0v) is 24.2. The van der Waals surface area contributed by atoms with Crippen molar-refractivity contribution in [3.05, 3.63) is 64.2 Å². The van der Waals surface area contributed by atoms with Crippen LogP contribution in [0.5, 0.6) is 5.75 Å². The van der Waals surface area contributed by atoms with Crippen molar-refractivity contribution < 1.29 is 9.53 Å². The molecule has 2 nitrogen and oxygen atoms in total. The standard InChI is InChI=1S/C35H52O2/c1-5-7-9-10-12-14-35(36)37-34-24-23-31(28(4)26-34)20-19-30-21-22-33(25-27(30)3)32-17-15-29(16-18-32)13-11-8-6-2/h21-26,29,32H,5-20H2,1-4H3/t29-,32-. The van der Waals surface area contributed by atoms with Gasteiger partial charge in [0.05, 0.1) is 0 Å². The van der Waals surface area contributed by atoms with E-state index in [1.165, 1.54) is 92.9 Å². The molecule has 1 saturated carbocycles. The number of ether oxygens (including phenoxy) is 1. The molecule has 204 valence electrons. The Morgan fingerprint density at radius 2 is 1.38 bits per heavy atom. The Hall–Kier alpha value is -2.09. The van der Waals surface area contributed by atoms with E-state index in [1.807, 2.05) is 12.1 Å². The van der Waals surface area contributed by atoms with E-state index >= 15 is 0 Å². The molecule has 2 heteroatoms. The highest BCUT2D eigenvalue weighted by atomic mass is 16.5. The summed E-state index contributed by atoms with van der Waals surface area (Å²) in [6.07, 6.45) is 19.5. The molecular weight excluding hydrogens is 452 g/mol. The predicted octanol–water partition coefficient (Wildman–Crippen LogP) is 10.2. The van der Waals surface area contributed by atoms with Crippen molar-refractivity contribution in [3.8, 4) is 5.75 Å². The maximum atomic E-state index is 12.2. The fourth-order valence-electron chi connectivity index (χ4n) is 6.06. The highest BCUT2D eigenvalue weighted by Gasteiger charge is 2.22. The van der Waals surface area contributed by atoms with Crippen molar-refractivity contribution >= 4 is 5.97 Å². The lowest BCUT2D eigenvalue weighted by atomic mass is 9.76. The lowest BCUT2D eigenvalue weighted by Crippen LogP contribution is -2.13. The maximum Gasteiger partial charge on any atom is 0.311 e. The van der Waals surface area contributed by atoms with Gasteiger partial charge in [-0.15, -0.1) is 0 Å². The zero-order valence-electron chi connectivity index (χ0n) is 24.2. The summed E-state index contributed by atoms with van der Waals surface area (Å²) < 4.78 is 5.60. The average Bonchev–Trinajstić information content (AvgIpc) is 2.89. The van der Waals surface area contributed by atoms with Crippen LogP contribution in [0.15, 0.2) is 36.4 Å². The SMILES string of the molecule is CCCCCCCC(=O)Oc1ccc(CCc2ccc([C@H]3CC[C@H](CCCCC)CC3)cc2C)c(C)c1. The van der Waals surface area contributed by atoms with Gasteiger partial charge in [-0.2, -0.15) is 0 Å². The fraction of sp³-hybridized carbons (Fsp3) is 0.629. The van der Waals surface area contributed by atoms with Crippen molar-refractivity contribution in [1.82, 2.24) is 0 Å². The minimum Gasteiger partial charge on any atom is -0.427 e. The van der Waals surface area contributed by atoms with E-state index in [0.29, 0.717) is 12.2 Å². The number of aryl methyl sites for hydroxylation is 4. The molecule has 1 fully saturated rings. The van der Waals surface area contributed by atoms with E-state index in [2.05, 4.69) is 52.0 Å². The number of unbranched alkanes of at least 4 members (excludes halogenated alkanes) is 6. The lowest BCUT2D eigenvalue weighted by molar-refractivity contribution is -0.134. The van der Waals surface area contributed by atoms with Gasteiger partial charge in [0.15, 0.2) is 0 Å². The summed E-state index contributed by atoms with van der Waals surface area (Å²) in [6.45, 7) is 8.92. The normalized spacial score (nSPS) is 17.6. The summed E-state index contributed by atoms with van der Waals surface area (Å²) in [4.78, 5) is 12.2. The monoisotopic (exact) mass is 504 g/mol. The summed E-state index contributed by atoms with van der Waals surface area (Å²) in [6, 6.07) is 13.4. The van der Waals surface area contributed by atoms with Crippen LogP contribution < -0.4 is 4.74 Å². The molecule has 1 aliphatic carbocycles. The second-order valence-electron chi connectivity index (χ2n) is 11.6. The van der Waals surface area contributed by atoms with Crippen LogP contribution in [0.25, 0.3) is 0 Å². The van der Waals surface area contributed by atoms with Crippen molar-refractivity contribution in [2.45, 2.75) is 136 Å². The Labute approximate surface area is 227 Å². The first-order chi connectivity index (χ1) is 18.0. The van der Waals surface area contributed by atoms with Gasteiger partial charge in [-0.25, -0.2) is 0 Å². The van der Waals surface area contributed by atoms with Crippen molar-refractivity contribution in [2.75, 3.05) is 0 Å². The highest BCUT2D eigenvalue weighted by molar-refractivity contribution is 5.72. The Morgan fingerprint density at radius 3 is 2.03 bits per heavy atom. The first-order valence-electron chi connectivity index (χ1n) is 15.4. The number of benzene rings is 2. The van der Waals surface area contributed by atoms with Crippen LogP contribution >= 0.6 is 0 Å². The fourth-order valence-corrected chi connectivity index (χ4v) is 6.06. The Kier molecular flexibility index (Phi) is 12.7. The van der Waals surface area contributed by atoms with Crippen LogP contribution in [0.4, 0.5) is 0 Å². The van der Waals surface area contributed by atoms with E-state index in [4.69, 9.17) is 4.74 Å². The zero-order chi connectivity index (χ0) is 26.5. The van der Waals surface area contributed by atoms with Gasteiger partial charge in [0.2, 0.25) is 0 Å². The molecule has 0 aromatic heterocycles. The quantitative estimate of drug-likeness (QED) is 0.137. The van der Waals surface area contributed by atoms with Crippen LogP contribution in [0.2, 0.25) is 0 Å². The largest absolute Gasteiger partial charge is 0.427 e. The summed E-state index contributed by atoms with van der Waals surface area (Å²) >= 11 is 0. The van der Waals surface area contributed by atoms with E-state index in [-0.39, 0.29) is 5.97 Å². The van der Waals surface area contributed by atoms with Gasteiger partial charge in [-0.3, -0.25) is 4.79 Å². The van der Waals surface area contributed by atoms with Crippen LogP contribution in [0.1, 0.15) is 137 Å². The molecule has 2 aromatic rings. The topological polar surface area (TPSA) is 26.3 Å². The van der Waals surface area contributed by atoms with E-state index < -0.39 is 0 Å². The van der Waals surface area contributed by atoms with Gasteiger partial charge in [0.25, 0.3) is 0 Å². The number of carbonyl (C=O) groups excluding carboxylic acids is 1. The molecular formula is C35H52O2. The van der Waals surface area contributed by atoms with E-state index in [9.17, 15) is 4.79 Å². The third-order valence-corrected chi connectivity index (χ3v) is 8.59. The van der Waals surface area contributed by atoms with Crippen molar-refractivity contribution in [3.63, 3.8) is 0 Å². The molecule has 0 amide bonds. The number of hydrogen-bond donors (Lipinski definition) is 0. The van der Waals surface area contributed by atoms with Gasteiger partial charge in [-0.05, 0) is 111 Å². The van der Waals surface area contributed by atoms with Crippen LogP contribution in [-0.4, -0.2) is 5.97 Å². The second kappa shape index (κ2) is 16.0. The third-order valence-electron chi connectivity index (χ3n) is 8.59. The summed E-state index contributed by atoms with van der Waals surface area (Å²) in [5, 5.41) is 0. The van der Waals surface area contributed by atoms with E-state index in [0.717, 1.165) is 37.5 Å². The highest BCUT2D eigenvalue weighted by Crippen LogP contribution is 2.38. The molecule has 0 unspecified atom stereocenters. The molecule has 0 heterocycles. The molecule has 0 atom stereocenters. The maximum absolute atomic E-state index is 12.2. The van der Waals surface area contributed by atoms with Gasteiger partial charge >= 0.3 is 5.97 Å². The molecule has 3 rings (SSSR count). The summed E-state index contributed by atoms with van der Waals surface area (Å²) in [7, 11) is 0. The first kappa shape index (κ1) is 29.5. The minimum atomic E-state index is -0.107. The average molecular weight is 505 g/mol. The second-order valence-corrected chi connectivity index (χ2v) is 11.6. The number of rotatable bonds is 15. The van der Waals surface area contributed by atoms with Gasteiger partial charge in [0, 0.05) is 6.42 Å². The Bertz CT molecular complexity index is 952.